The van der Waals surface area contributed by atoms with E-state index in [0.29, 0.717) is 18.4 Å². The molecule has 1 aliphatic carbocycles. The number of nitrogens with zero attached hydrogens (tertiary/aromatic N) is 5. The van der Waals surface area contributed by atoms with Crippen LogP contribution in [-0.2, 0) is 13.1 Å². The van der Waals surface area contributed by atoms with E-state index in [1.165, 1.54) is 24.8 Å². The van der Waals surface area contributed by atoms with Crippen molar-refractivity contribution in [2.45, 2.75) is 45.2 Å². The minimum absolute atomic E-state index is 0.0148. The molecule has 0 spiro atoms. The highest BCUT2D eigenvalue weighted by Crippen LogP contribution is 2.34. The van der Waals surface area contributed by atoms with Gasteiger partial charge < -0.3 is 0 Å². The molecule has 3 heterocycles. The van der Waals surface area contributed by atoms with Crippen LogP contribution in [0.4, 0.5) is 0 Å². The van der Waals surface area contributed by atoms with Gasteiger partial charge in [-0.2, -0.15) is 5.10 Å². The molecule has 126 valence electrons. The molecular weight excluding hydrogens is 302 g/mol. The summed E-state index contributed by atoms with van der Waals surface area (Å²) < 4.78 is 1.59. The summed E-state index contributed by atoms with van der Waals surface area (Å²) in [5.74, 6) is 2.09. The maximum atomic E-state index is 11.8. The Balaban J connectivity index is 1.28. The first-order valence-electron chi connectivity index (χ1n) is 8.75. The maximum absolute atomic E-state index is 11.8. The molecule has 1 saturated carbocycles. The first-order chi connectivity index (χ1) is 11.7. The summed E-state index contributed by atoms with van der Waals surface area (Å²) in [5.41, 5.74) is 2.04. The lowest BCUT2D eigenvalue weighted by molar-refractivity contribution is 0.0763. The van der Waals surface area contributed by atoms with E-state index in [9.17, 15) is 4.79 Å². The van der Waals surface area contributed by atoms with Crippen LogP contribution in [-0.4, -0.2) is 37.7 Å². The van der Waals surface area contributed by atoms with Gasteiger partial charge >= 0.3 is 0 Å². The van der Waals surface area contributed by atoms with Crippen LogP contribution in [0.1, 0.15) is 42.3 Å². The van der Waals surface area contributed by atoms with E-state index in [1.807, 2.05) is 19.3 Å². The van der Waals surface area contributed by atoms with Crippen LogP contribution >= 0.6 is 0 Å². The summed E-state index contributed by atoms with van der Waals surface area (Å²) in [5, 5.41) is 4.31. The number of aryl methyl sites for hydroxylation is 1. The highest BCUT2D eigenvalue weighted by atomic mass is 16.1. The van der Waals surface area contributed by atoms with Crippen molar-refractivity contribution in [2.24, 2.45) is 5.92 Å². The van der Waals surface area contributed by atoms with Gasteiger partial charge in [0.15, 0.2) is 0 Å². The van der Waals surface area contributed by atoms with Gasteiger partial charge in [-0.25, -0.2) is 14.6 Å². The van der Waals surface area contributed by atoms with Crippen LogP contribution in [0.2, 0.25) is 0 Å². The summed E-state index contributed by atoms with van der Waals surface area (Å²) >= 11 is 0. The SMILES string of the molecule is Cc1ccc(=O)n(CC2CN(Cc3cnc(C4CCC4)nc3)C2)n1. The Hall–Kier alpha value is -2.08. The molecule has 6 heteroatoms. The second-order valence-corrected chi connectivity index (χ2v) is 7.13. The predicted molar refractivity (Wildman–Crippen MR) is 90.6 cm³/mol. The molecule has 6 nitrogen and oxygen atoms in total. The third-order valence-corrected chi connectivity index (χ3v) is 5.07. The van der Waals surface area contributed by atoms with Crippen molar-refractivity contribution in [3.8, 4) is 0 Å². The van der Waals surface area contributed by atoms with Crippen molar-refractivity contribution in [1.82, 2.24) is 24.6 Å². The molecular formula is C18H23N5O. The van der Waals surface area contributed by atoms with Gasteiger partial charge in [0.1, 0.15) is 5.82 Å². The van der Waals surface area contributed by atoms with Crippen LogP contribution in [0.25, 0.3) is 0 Å². The van der Waals surface area contributed by atoms with Crippen molar-refractivity contribution < 1.29 is 0 Å². The van der Waals surface area contributed by atoms with Crippen molar-refractivity contribution in [2.75, 3.05) is 13.1 Å². The van der Waals surface area contributed by atoms with Crippen molar-refractivity contribution in [1.29, 1.82) is 0 Å². The van der Waals surface area contributed by atoms with Gasteiger partial charge in [-0.05, 0) is 25.8 Å². The first kappa shape index (κ1) is 15.4. The van der Waals surface area contributed by atoms with Crippen molar-refractivity contribution in [3.05, 3.63) is 52.0 Å². The van der Waals surface area contributed by atoms with Crippen LogP contribution in [0, 0.1) is 12.8 Å². The largest absolute Gasteiger partial charge is 0.298 e. The molecule has 0 aromatic carbocycles. The fourth-order valence-electron chi connectivity index (χ4n) is 3.43. The van der Waals surface area contributed by atoms with Gasteiger partial charge in [0.2, 0.25) is 0 Å². The van der Waals surface area contributed by atoms with Crippen LogP contribution in [0.5, 0.6) is 0 Å². The molecule has 0 atom stereocenters. The lowest BCUT2D eigenvalue weighted by Gasteiger charge is -2.39. The van der Waals surface area contributed by atoms with E-state index >= 15 is 0 Å². The number of rotatable bonds is 5. The third kappa shape index (κ3) is 3.24. The number of hydrogen-bond acceptors (Lipinski definition) is 5. The zero-order chi connectivity index (χ0) is 16.5. The standard InChI is InChI=1S/C18H23N5O/c1-13-5-6-17(24)23(21-13)12-15-10-22(11-15)9-14-7-19-18(20-8-14)16-3-2-4-16/h5-8,15-16H,2-4,9-12H2,1H3. The second kappa shape index (κ2) is 6.43. The summed E-state index contributed by atoms with van der Waals surface area (Å²) in [6.45, 7) is 5.49. The van der Waals surface area contributed by atoms with Crippen LogP contribution < -0.4 is 5.56 Å². The van der Waals surface area contributed by atoms with Gasteiger partial charge in [0.05, 0.1) is 12.2 Å². The lowest BCUT2D eigenvalue weighted by Crippen LogP contribution is -2.48. The Morgan fingerprint density at radius 1 is 1.17 bits per heavy atom. The predicted octanol–water partition coefficient (Wildman–Crippen LogP) is 1.74. The average Bonchev–Trinajstić information content (AvgIpc) is 2.48. The van der Waals surface area contributed by atoms with E-state index in [1.54, 1.807) is 16.8 Å². The highest BCUT2D eigenvalue weighted by molar-refractivity contribution is 5.09. The van der Waals surface area contributed by atoms with Gasteiger partial charge in [0.25, 0.3) is 5.56 Å². The van der Waals surface area contributed by atoms with E-state index in [4.69, 9.17) is 0 Å². The van der Waals surface area contributed by atoms with Crippen molar-refractivity contribution in [3.63, 3.8) is 0 Å². The number of likely N-dealkylation sites (tertiary alicyclic amines) is 1. The number of hydrogen-bond donors (Lipinski definition) is 0. The van der Waals surface area contributed by atoms with E-state index < -0.39 is 0 Å². The fraction of sp³-hybridized carbons (Fsp3) is 0.556. The fourth-order valence-corrected chi connectivity index (χ4v) is 3.43. The van der Waals surface area contributed by atoms with E-state index in [2.05, 4.69) is 20.0 Å². The summed E-state index contributed by atoms with van der Waals surface area (Å²) in [4.78, 5) is 23.2. The third-order valence-electron chi connectivity index (χ3n) is 5.07. The van der Waals surface area contributed by atoms with Crippen LogP contribution in [0.3, 0.4) is 0 Å². The second-order valence-electron chi connectivity index (χ2n) is 7.13. The minimum Gasteiger partial charge on any atom is -0.298 e. The number of aromatic nitrogens is 4. The average molecular weight is 325 g/mol. The summed E-state index contributed by atoms with van der Waals surface area (Å²) in [6.07, 6.45) is 7.73. The Morgan fingerprint density at radius 2 is 1.92 bits per heavy atom. The molecule has 0 bridgehead atoms. The zero-order valence-electron chi connectivity index (χ0n) is 14.1. The molecule has 2 fully saturated rings. The van der Waals surface area contributed by atoms with Gasteiger partial charge in [-0.1, -0.05) is 6.42 Å². The molecule has 0 amide bonds. The monoisotopic (exact) mass is 325 g/mol. The smallest absolute Gasteiger partial charge is 0.266 e. The Morgan fingerprint density at radius 3 is 2.58 bits per heavy atom. The van der Waals surface area contributed by atoms with Gasteiger partial charge in [-0.15, -0.1) is 0 Å². The zero-order valence-corrected chi connectivity index (χ0v) is 14.1. The summed E-state index contributed by atoms with van der Waals surface area (Å²) in [7, 11) is 0. The van der Waals surface area contributed by atoms with Gasteiger partial charge in [0, 0.05) is 55.5 Å². The van der Waals surface area contributed by atoms with E-state index in [0.717, 1.165) is 31.2 Å². The molecule has 0 radical (unpaired) electrons. The molecule has 1 aliphatic heterocycles. The molecule has 4 rings (SSSR count). The molecule has 1 saturated heterocycles. The summed E-state index contributed by atoms with van der Waals surface area (Å²) in [6, 6.07) is 3.36. The van der Waals surface area contributed by atoms with E-state index in [-0.39, 0.29) is 5.56 Å². The quantitative estimate of drug-likeness (QED) is 0.838. The van der Waals surface area contributed by atoms with Crippen molar-refractivity contribution >= 4 is 0 Å². The Kier molecular flexibility index (Phi) is 4.14. The maximum Gasteiger partial charge on any atom is 0.266 e. The molecule has 0 unspecified atom stereocenters. The van der Waals surface area contributed by atoms with Gasteiger partial charge in [-0.3, -0.25) is 9.69 Å². The first-order valence-corrected chi connectivity index (χ1v) is 8.75. The normalized spacial score (nSPS) is 19.0. The Bertz CT molecular complexity index is 760. The minimum atomic E-state index is -0.0148. The molecule has 2 aromatic rings. The molecule has 2 aliphatic rings. The topological polar surface area (TPSA) is 63.9 Å². The lowest BCUT2D eigenvalue weighted by atomic mass is 9.85. The molecule has 0 N–H and O–H groups in total. The van der Waals surface area contributed by atoms with Crippen LogP contribution in [0.15, 0.2) is 29.3 Å². The Labute approximate surface area is 141 Å². The molecule has 24 heavy (non-hydrogen) atoms. The highest BCUT2D eigenvalue weighted by Gasteiger charge is 2.28. The molecule has 2 aromatic heterocycles.